The highest BCUT2D eigenvalue weighted by molar-refractivity contribution is 5.46. The van der Waals surface area contributed by atoms with Gasteiger partial charge in [0.25, 0.3) is 5.69 Å². The Morgan fingerprint density at radius 1 is 1.06 bits per heavy atom. The Kier molecular flexibility index (Phi) is 2.60. The lowest BCUT2D eigenvalue weighted by Gasteiger charge is -2.00. The van der Waals surface area contributed by atoms with Gasteiger partial charge in [-0.1, -0.05) is 12.7 Å². The second-order valence-electron chi connectivity index (χ2n) is 3.42. The van der Waals surface area contributed by atoms with E-state index in [1.54, 1.807) is 23.0 Å². The van der Waals surface area contributed by atoms with Gasteiger partial charge < -0.3 is 10.2 Å². The molecule has 0 amide bonds. The number of pyridine rings is 1. The van der Waals surface area contributed by atoms with Crippen molar-refractivity contribution in [2.75, 3.05) is 0 Å². The van der Waals surface area contributed by atoms with E-state index in [-0.39, 0.29) is 11.5 Å². The number of phenols is 2. The van der Waals surface area contributed by atoms with Crippen molar-refractivity contribution in [3.8, 4) is 17.2 Å². The maximum atomic E-state index is 9.66. The first-order valence-electron chi connectivity index (χ1n) is 4.87. The summed E-state index contributed by atoms with van der Waals surface area (Å²) in [4.78, 5) is 0. The molecule has 0 saturated heterocycles. The summed E-state index contributed by atoms with van der Waals surface area (Å²) in [6.07, 6.45) is 5.34. The van der Waals surface area contributed by atoms with Crippen molar-refractivity contribution >= 4 is 6.08 Å². The van der Waals surface area contributed by atoms with Gasteiger partial charge in [0.1, 0.15) is 5.75 Å². The van der Waals surface area contributed by atoms with Crippen LogP contribution in [0, 0.1) is 0 Å². The van der Waals surface area contributed by atoms with Crippen LogP contribution in [0.3, 0.4) is 0 Å². The fourth-order valence-electron chi connectivity index (χ4n) is 1.45. The first-order valence-corrected chi connectivity index (χ1v) is 4.87. The van der Waals surface area contributed by atoms with Gasteiger partial charge >= 0.3 is 0 Å². The quantitative estimate of drug-likeness (QED) is 0.593. The zero-order valence-electron chi connectivity index (χ0n) is 8.67. The van der Waals surface area contributed by atoms with E-state index in [1.807, 2.05) is 12.1 Å². The molecule has 2 aromatic rings. The number of hydrogen-bond donors (Lipinski definition) is 2. The van der Waals surface area contributed by atoms with Gasteiger partial charge in [0, 0.05) is 12.1 Å². The van der Waals surface area contributed by atoms with Crippen LogP contribution >= 0.6 is 0 Å². The zero-order valence-corrected chi connectivity index (χ0v) is 8.67. The largest absolute Gasteiger partial charge is 0.508 e. The molecule has 0 bridgehead atoms. The summed E-state index contributed by atoms with van der Waals surface area (Å²) in [5.74, 6) is 0.238. The van der Waals surface area contributed by atoms with Crippen molar-refractivity contribution in [1.82, 2.24) is 0 Å². The van der Waals surface area contributed by atoms with Gasteiger partial charge in [0.05, 0.1) is 6.07 Å². The lowest BCUT2D eigenvalue weighted by atomic mass is 10.2. The molecular weight excluding hydrogens is 202 g/mol. The highest BCUT2D eigenvalue weighted by Crippen LogP contribution is 2.21. The molecule has 0 radical (unpaired) electrons. The van der Waals surface area contributed by atoms with E-state index in [2.05, 4.69) is 6.58 Å². The molecule has 1 heterocycles. The Balaban J connectivity index is 2.49. The van der Waals surface area contributed by atoms with E-state index >= 15 is 0 Å². The monoisotopic (exact) mass is 214 g/mol. The molecule has 0 aliphatic heterocycles. The van der Waals surface area contributed by atoms with Gasteiger partial charge in [-0.3, -0.25) is 0 Å². The van der Waals surface area contributed by atoms with Gasteiger partial charge in [0.15, 0.2) is 18.1 Å². The lowest BCUT2D eigenvalue weighted by Crippen LogP contribution is -2.29. The third-order valence-corrected chi connectivity index (χ3v) is 2.33. The molecule has 3 heteroatoms. The predicted molar refractivity (Wildman–Crippen MR) is 61.4 cm³/mol. The fourth-order valence-corrected chi connectivity index (χ4v) is 1.45. The standard InChI is InChI=1S/C13H11NO2/c1-2-10-5-7-14(8-6-10)12-9-11(15)3-4-13(12)16/h2-9H,1H2,(H-,15,16)/p+1. The molecule has 0 aliphatic rings. The molecule has 0 saturated carbocycles. The molecule has 0 aliphatic carbocycles. The lowest BCUT2D eigenvalue weighted by molar-refractivity contribution is -0.596. The average Bonchev–Trinajstić information content (AvgIpc) is 2.32. The SMILES string of the molecule is C=Cc1cc[n+](-c2cc(O)ccc2O)cc1. The Labute approximate surface area is 93.5 Å². The Morgan fingerprint density at radius 2 is 1.75 bits per heavy atom. The summed E-state index contributed by atoms with van der Waals surface area (Å²) < 4.78 is 1.72. The third-order valence-electron chi connectivity index (χ3n) is 2.33. The normalized spacial score (nSPS) is 10.0. The van der Waals surface area contributed by atoms with E-state index in [4.69, 9.17) is 0 Å². The molecule has 1 aromatic heterocycles. The first kappa shape index (κ1) is 10.2. The highest BCUT2D eigenvalue weighted by Gasteiger charge is 2.12. The Bertz CT molecular complexity index is 518. The van der Waals surface area contributed by atoms with Crippen LogP contribution < -0.4 is 4.57 Å². The molecule has 0 unspecified atom stereocenters. The molecule has 1 aromatic carbocycles. The number of phenolic OH excluding ortho intramolecular Hbond substituents is 2. The van der Waals surface area contributed by atoms with E-state index in [0.29, 0.717) is 5.69 Å². The highest BCUT2D eigenvalue weighted by atomic mass is 16.3. The van der Waals surface area contributed by atoms with Crippen LogP contribution in [0.25, 0.3) is 11.8 Å². The predicted octanol–water partition coefficient (Wildman–Crippen LogP) is 2.02. The van der Waals surface area contributed by atoms with Crippen molar-refractivity contribution in [2.45, 2.75) is 0 Å². The van der Waals surface area contributed by atoms with E-state index in [0.717, 1.165) is 5.56 Å². The van der Waals surface area contributed by atoms with Crippen molar-refractivity contribution in [2.24, 2.45) is 0 Å². The minimum Gasteiger partial charge on any atom is -0.508 e. The van der Waals surface area contributed by atoms with E-state index in [9.17, 15) is 10.2 Å². The second-order valence-corrected chi connectivity index (χ2v) is 3.42. The van der Waals surface area contributed by atoms with Crippen LogP contribution in [0.2, 0.25) is 0 Å². The average molecular weight is 214 g/mol. The number of nitrogens with zero attached hydrogens (tertiary/aromatic N) is 1. The number of benzene rings is 1. The molecule has 80 valence electrons. The number of aromatic nitrogens is 1. The second kappa shape index (κ2) is 4.06. The van der Waals surface area contributed by atoms with Crippen LogP contribution in [0.4, 0.5) is 0 Å². The fraction of sp³-hybridized carbons (Fsp3) is 0. The smallest absolute Gasteiger partial charge is 0.256 e. The summed E-state index contributed by atoms with van der Waals surface area (Å²) in [7, 11) is 0. The van der Waals surface area contributed by atoms with Gasteiger partial charge in [-0.05, 0) is 17.7 Å². The molecule has 3 nitrogen and oxygen atoms in total. The topological polar surface area (TPSA) is 44.3 Å². The van der Waals surface area contributed by atoms with Crippen LogP contribution in [-0.4, -0.2) is 10.2 Å². The molecule has 0 atom stereocenters. The van der Waals surface area contributed by atoms with Crippen LogP contribution in [0.5, 0.6) is 11.5 Å². The van der Waals surface area contributed by atoms with Crippen molar-refractivity contribution in [3.63, 3.8) is 0 Å². The zero-order chi connectivity index (χ0) is 11.5. The van der Waals surface area contributed by atoms with E-state index in [1.165, 1.54) is 18.2 Å². The van der Waals surface area contributed by atoms with Crippen molar-refractivity contribution in [3.05, 3.63) is 54.9 Å². The Hall–Kier alpha value is -2.29. The molecule has 0 spiro atoms. The summed E-state index contributed by atoms with van der Waals surface area (Å²) in [6, 6.07) is 8.15. The van der Waals surface area contributed by atoms with Crippen LogP contribution in [0.1, 0.15) is 5.56 Å². The van der Waals surface area contributed by atoms with Crippen LogP contribution in [0.15, 0.2) is 49.3 Å². The maximum Gasteiger partial charge on any atom is 0.256 e. The molecule has 16 heavy (non-hydrogen) atoms. The maximum absolute atomic E-state index is 9.66. The molecule has 0 fully saturated rings. The summed E-state index contributed by atoms with van der Waals surface area (Å²) in [5, 5.41) is 19.0. The number of hydrogen-bond acceptors (Lipinski definition) is 2. The van der Waals surface area contributed by atoms with Crippen molar-refractivity contribution < 1.29 is 14.8 Å². The first-order chi connectivity index (χ1) is 7.70. The van der Waals surface area contributed by atoms with Gasteiger partial charge in [-0.15, -0.1) is 0 Å². The molecular formula is C13H12NO2+. The molecule has 2 rings (SSSR count). The van der Waals surface area contributed by atoms with E-state index < -0.39 is 0 Å². The van der Waals surface area contributed by atoms with Gasteiger partial charge in [-0.25, -0.2) is 0 Å². The third kappa shape index (κ3) is 1.88. The Morgan fingerprint density at radius 3 is 2.38 bits per heavy atom. The minimum absolute atomic E-state index is 0.119. The number of aromatic hydroxyl groups is 2. The molecule has 2 N–H and O–H groups in total. The van der Waals surface area contributed by atoms with Gasteiger partial charge in [-0.2, -0.15) is 4.57 Å². The number of rotatable bonds is 2. The summed E-state index contributed by atoms with van der Waals surface area (Å²) >= 11 is 0. The van der Waals surface area contributed by atoms with Crippen LogP contribution in [-0.2, 0) is 0 Å². The summed E-state index contributed by atoms with van der Waals surface area (Å²) in [6.45, 7) is 3.67. The van der Waals surface area contributed by atoms with Crippen molar-refractivity contribution in [1.29, 1.82) is 0 Å². The summed E-state index contributed by atoms with van der Waals surface area (Å²) in [5.41, 5.74) is 1.53. The van der Waals surface area contributed by atoms with Gasteiger partial charge in [0.2, 0.25) is 0 Å². The minimum atomic E-state index is 0.119.